The topological polar surface area (TPSA) is 99.8 Å². The van der Waals surface area contributed by atoms with Gasteiger partial charge in [0.05, 0.1) is 24.1 Å². The van der Waals surface area contributed by atoms with Crippen LogP contribution >= 0.6 is 0 Å². The molecule has 0 aliphatic rings. The van der Waals surface area contributed by atoms with E-state index in [4.69, 9.17) is 4.74 Å². The van der Waals surface area contributed by atoms with E-state index in [9.17, 15) is 13.2 Å². The van der Waals surface area contributed by atoms with Crippen molar-refractivity contribution in [3.05, 3.63) is 66.5 Å². The number of imidazole rings is 1. The Labute approximate surface area is 174 Å². The largest absolute Gasteiger partial charge is 0.492 e. The van der Waals surface area contributed by atoms with Crippen LogP contribution in [-0.4, -0.2) is 33.1 Å². The summed E-state index contributed by atoms with van der Waals surface area (Å²) in [4.78, 5) is 15.7. The van der Waals surface area contributed by atoms with Gasteiger partial charge >= 0.3 is 6.18 Å². The van der Waals surface area contributed by atoms with Gasteiger partial charge in [-0.25, -0.2) is 4.98 Å². The number of hydrazine groups is 1. The molecule has 31 heavy (non-hydrogen) atoms. The molecule has 8 nitrogen and oxygen atoms in total. The Morgan fingerprint density at radius 1 is 0.968 bits per heavy atom. The van der Waals surface area contributed by atoms with Crippen LogP contribution in [0.1, 0.15) is 5.56 Å². The zero-order chi connectivity index (χ0) is 21.7. The number of fused-ring (bicyclic) bond motifs is 1. The minimum absolute atomic E-state index is 0.229. The van der Waals surface area contributed by atoms with E-state index >= 15 is 0 Å². The minimum atomic E-state index is -4.43. The summed E-state index contributed by atoms with van der Waals surface area (Å²) in [6, 6.07) is 14.2. The monoisotopic (exact) mass is 429 g/mol. The first-order valence-electron chi connectivity index (χ1n) is 9.31. The first-order valence-corrected chi connectivity index (χ1v) is 9.31. The maximum absolute atomic E-state index is 12.9. The molecule has 0 amide bonds. The molecule has 0 bridgehead atoms. The number of nitrogens with zero attached hydrogens (tertiary/aromatic N) is 3. The van der Waals surface area contributed by atoms with Crippen molar-refractivity contribution in [1.82, 2.24) is 19.9 Å². The molecule has 0 radical (unpaired) electrons. The number of anilines is 3. The fourth-order valence-corrected chi connectivity index (χ4v) is 2.76. The second-order valence-electron chi connectivity index (χ2n) is 6.41. The summed E-state index contributed by atoms with van der Waals surface area (Å²) in [5.74, 6) is 1.37. The van der Waals surface area contributed by atoms with E-state index < -0.39 is 11.7 Å². The maximum Gasteiger partial charge on any atom is 0.416 e. The summed E-state index contributed by atoms with van der Waals surface area (Å²) in [6.07, 6.45) is -2.97. The smallest absolute Gasteiger partial charge is 0.416 e. The molecule has 0 saturated heterocycles. The number of alkyl halides is 3. The van der Waals surface area contributed by atoms with Crippen molar-refractivity contribution < 1.29 is 17.9 Å². The predicted molar refractivity (Wildman–Crippen MR) is 111 cm³/mol. The number of ether oxygens (including phenoxy) is 1. The van der Waals surface area contributed by atoms with Gasteiger partial charge in [-0.2, -0.15) is 23.1 Å². The second-order valence-corrected chi connectivity index (χ2v) is 6.41. The Morgan fingerprint density at radius 3 is 2.61 bits per heavy atom. The van der Waals surface area contributed by atoms with Crippen molar-refractivity contribution in [2.24, 2.45) is 0 Å². The number of para-hydroxylation sites is 1. The molecule has 4 aromatic rings. The Morgan fingerprint density at radius 2 is 1.81 bits per heavy atom. The molecule has 4 N–H and O–H groups in total. The van der Waals surface area contributed by atoms with E-state index in [-0.39, 0.29) is 5.69 Å². The molecule has 0 fully saturated rings. The van der Waals surface area contributed by atoms with Crippen LogP contribution in [-0.2, 0) is 6.18 Å². The van der Waals surface area contributed by atoms with Gasteiger partial charge in [0, 0.05) is 0 Å². The molecule has 4 rings (SSSR count). The van der Waals surface area contributed by atoms with Crippen LogP contribution < -0.4 is 20.9 Å². The van der Waals surface area contributed by atoms with Crippen molar-refractivity contribution in [2.45, 2.75) is 6.18 Å². The lowest BCUT2D eigenvalue weighted by Crippen LogP contribution is -2.16. The number of aromatic nitrogens is 4. The molecule has 0 atom stereocenters. The molecule has 2 aromatic carbocycles. The lowest BCUT2D eigenvalue weighted by Gasteiger charge is -2.13. The fourth-order valence-electron chi connectivity index (χ4n) is 2.76. The molecule has 0 unspecified atom stereocenters. The minimum Gasteiger partial charge on any atom is -0.492 e. The fraction of sp³-hybridized carbons (Fsp3) is 0.150. The molecular formula is C20H18F3N7O. The van der Waals surface area contributed by atoms with Crippen molar-refractivity contribution in [3.8, 4) is 5.75 Å². The van der Waals surface area contributed by atoms with Gasteiger partial charge in [-0.3, -0.25) is 10.9 Å². The number of hydrogen-bond donors (Lipinski definition) is 4. The van der Waals surface area contributed by atoms with Gasteiger partial charge in [0.25, 0.3) is 0 Å². The van der Waals surface area contributed by atoms with E-state index in [0.29, 0.717) is 36.1 Å². The summed E-state index contributed by atoms with van der Waals surface area (Å²) in [5, 5.41) is 3.05. The number of halogens is 3. The van der Waals surface area contributed by atoms with Crippen LogP contribution in [0.15, 0.2) is 60.9 Å². The van der Waals surface area contributed by atoms with Crippen molar-refractivity contribution >= 4 is 28.6 Å². The van der Waals surface area contributed by atoms with E-state index in [0.717, 1.165) is 17.9 Å². The lowest BCUT2D eigenvalue weighted by molar-refractivity contribution is -0.137. The molecule has 0 spiro atoms. The highest BCUT2D eigenvalue weighted by molar-refractivity contribution is 5.84. The maximum atomic E-state index is 12.9. The van der Waals surface area contributed by atoms with Gasteiger partial charge < -0.3 is 15.0 Å². The van der Waals surface area contributed by atoms with Gasteiger partial charge in [-0.15, -0.1) is 0 Å². The summed E-state index contributed by atoms with van der Waals surface area (Å²) in [5.41, 5.74) is 5.92. The Balaban J connectivity index is 1.42. The van der Waals surface area contributed by atoms with Crippen LogP contribution in [0, 0.1) is 0 Å². The van der Waals surface area contributed by atoms with E-state index in [2.05, 4.69) is 36.1 Å². The number of rotatable bonds is 8. The lowest BCUT2D eigenvalue weighted by atomic mass is 10.2. The number of H-pyrrole nitrogens is 1. The number of aromatic amines is 1. The SMILES string of the molecule is FC(F)(F)c1cccc(NNc2nc(NCCOc3ccccc3)nc3nc[nH]c23)c1. The average Bonchev–Trinajstić information content (AvgIpc) is 3.24. The van der Waals surface area contributed by atoms with E-state index in [1.807, 2.05) is 30.3 Å². The van der Waals surface area contributed by atoms with Crippen LogP contribution in [0.25, 0.3) is 11.2 Å². The van der Waals surface area contributed by atoms with E-state index in [1.165, 1.54) is 18.5 Å². The zero-order valence-electron chi connectivity index (χ0n) is 16.1. The van der Waals surface area contributed by atoms with Gasteiger partial charge in [0.1, 0.15) is 17.9 Å². The van der Waals surface area contributed by atoms with Crippen LogP contribution in [0.4, 0.5) is 30.6 Å². The standard InChI is InChI=1S/C20H18F3N7O/c21-20(22,23)13-5-4-6-14(11-13)29-30-18-16-17(26-12-25-16)27-19(28-18)24-9-10-31-15-7-2-1-3-8-15/h1-8,11-12,29H,9-10H2,(H3,24,25,26,27,28,30). The molecule has 0 saturated carbocycles. The summed E-state index contributed by atoms with van der Waals surface area (Å²) in [7, 11) is 0. The molecule has 2 heterocycles. The van der Waals surface area contributed by atoms with Gasteiger partial charge in [-0.05, 0) is 30.3 Å². The number of hydrogen-bond acceptors (Lipinski definition) is 7. The summed E-state index contributed by atoms with van der Waals surface area (Å²) < 4.78 is 44.3. The highest BCUT2D eigenvalue weighted by Crippen LogP contribution is 2.30. The summed E-state index contributed by atoms with van der Waals surface area (Å²) in [6.45, 7) is 0.822. The molecule has 11 heteroatoms. The highest BCUT2D eigenvalue weighted by Gasteiger charge is 2.30. The first-order chi connectivity index (χ1) is 15.0. The van der Waals surface area contributed by atoms with Gasteiger partial charge in [0.2, 0.25) is 5.95 Å². The second kappa shape index (κ2) is 8.78. The normalized spacial score (nSPS) is 11.3. The van der Waals surface area contributed by atoms with E-state index in [1.54, 1.807) is 0 Å². The first kappa shape index (κ1) is 20.3. The van der Waals surface area contributed by atoms with Gasteiger partial charge in [0.15, 0.2) is 11.5 Å². The quantitative estimate of drug-likeness (QED) is 0.245. The Bertz CT molecular complexity index is 1150. The third kappa shape index (κ3) is 5.13. The molecule has 2 aromatic heterocycles. The van der Waals surface area contributed by atoms with Crippen molar-refractivity contribution in [3.63, 3.8) is 0 Å². The van der Waals surface area contributed by atoms with Crippen molar-refractivity contribution in [2.75, 3.05) is 29.3 Å². The molecule has 0 aliphatic heterocycles. The Hall–Kier alpha value is -4.02. The molecule has 160 valence electrons. The third-order valence-corrected chi connectivity index (χ3v) is 4.20. The third-order valence-electron chi connectivity index (χ3n) is 4.20. The predicted octanol–water partition coefficient (Wildman–Crippen LogP) is 4.30. The Kier molecular flexibility index (Phi) is 5.74. The van der Waals surface area contributed by atoms with Crippen LogP contribution in [0.5, 0.6) is 5.75 Å². The highest BCUT2D eigenvalue weighted by atomic mass is 19.4. The summed E-state index contributed by atoms with van der Waals surface area (Å²) >= 11 is 0. The molecular weight excluding hydrogens is 411 g/mol. The number of nitrogens with one attached hydrogen (secondary N) is 4. The molecule has 0 aliphatic carbocycles. The van der Waals surface area contributed by atoms with Crippen LogP contribution in [0.3, 0.4) is 0 Å². The zero-order valence-corrected chi connectivity index (χ0v) is 16.1. The van der Waals surface area contributed by atoms with Crippen molar-refractivity contribution in [1.29, 1.82) is 0 Å². The number of benzene rings is 2. The van der Waals surface area contributed by atoms with Crippen LogP contribution in [0.2, 0.25) is 0 Å². The average molecular weight is 429 g/mol. The van der Waals surface area contributed by atoms with Gasteiger partial charge in [-0.1, -0.05) is 24.3 Å².